The highest BCUT2D eigenvalue weighted by Crippen LogP contribution is 1.98. The maximum absolute atomic E-state index is 11.4. The summed E-state index contributed by atoms with van der Waals surface area (Å²) in [4.78, 5) is 22.3. The third kappa shape index (κ3) is 6.03. The van der Waals surface area contributed by atoms with Gasteiger partial charge in [0.05, 0.1) is 6.04 Å². The molecule has 0 saturated heterocycles. The summed E-state index contributed by atoms with van der Waals surface area (Å²) in [6.07, 6.45) is 1.18. The summed E-state index contributed by atoms with van der Waals surface area (Å²) in [7, 11) is 0. The molecule has 0 radical (unpaired) electrons. The van der Waals surface area contributed by atoms with Gasteiger partial charge in [-0.05, 0) is 19.4 Å². The van der Waals surface area contributed by atoms with Crippen LogP contribution in [0.25, 0.3) is 0 Å². The zero-order chi connectivity index (χ0) is 11.8. The first kappa shape index (κ1) is 14.8. The van der Waals surface area contributed by atoms with Crippen LogP contribution in [0.15, 0.2) is 0 Å². The molecule has 0 saturated carbocycles. The summed E-state index contributed by atoms with van der Waals surface area (Å²) in [6, 6.07) is -1.32. The van der Waals surface area contributed by atoms with Crippen LogP contribution < -0.4 is 16.8 Å². The number of hydrogen-bond acceptors (Lipinski definition) is 5. The quantitative estimate of drug-likeness (QED) is 0.372. The van der Waals surface area contributed by atoms with Crippen molar-refractivity contribution < 1.29 is 9.59 Å². The highest BCUT2D eigenvalue weighted by atomic mass is 32.1. The van der Waals surface area contributed by atoms with Crippen molar-refractivity contribution in [1.29, 1.82) is 0 Å². The molecular formula is C8H17N3O2S2. The summed E-state index contributed by atoms with van der Waals surface area (Å²) >= 11 is 7.55. The molecular weight excluding hydrogens is 234 g/mol. The van der Waals surface area contributed by atoms with Crippen molar-refractivity contribution in [3.8, 4) is 0 Å². The van der Waals surface area contributed by atoms with E-state index in [4.69, 9.17) is 11.5 Å². The van der Waals surface area contributed by atoms with E-state index in [1.807, 2.05) is 0 Å². The molecule has 0 spiro atoms. The number of carbonyl (C=O) groups is 2. The summed E-state index contributed by atoms with van der Waals surface area (Å²) in [5.74, 6) is -0.164. The lowest BCUT2D eigenvalue weighted by atomic mass is 10.1. The maximum Gasteiger partial charge on any atom is 0.237 e. The molecule has 0 aromatic heterocycles. The van der Waals surface area contributed by atoms with E-state index in [2.05, 4.69) is 30.6 Å². The van der Waals surface area contributed by atoms with Gasteiger partial charge in [-0.2, -0.15) is 12.6 Å². The van der Waals surface area contributed by atoms with Gasteiger partial charge in [0.1, 0.15) is 6.04 Å². The molecule has 0 aliphatic heterocycles. The van der Waals surface area contributed by atoms with E-state index >= 15 is 0 Å². The van der Waals surface area contributed by atoms with E-state index in [9.17, 15) is 9.59 Å². The second kappa shape index (κ2) is 7.98. The average molecular weight is 251 g/mol. The summed E-state index contributed by atoms with van der Waals surface area (Å²) < 4.78 is 0. The molecule has 0 heterocycles. The van der Waals surface area contributed by atoms with Gasteiger partial charge in [0.15, 0.2) is 0 Å². The van der Waals surface area contributed by atoms with Crippen LogP contribution >= 0.6 is 25.3 Å². The van der Waals surface area contributed by atoms with Crippen LogP contribution in [0.1, 0.15) is 12.8 Å². The van der Waals surface area contributed by atoms with Crippen molar-refractivity contribution in [2.45, 2.75) is 24.9 Å². The molecule has 0 fully saturated rings. The zero-order valence-corrected chi connectivity index (χ0v) is 10.1. The molecule has 1 amide bonds. The predicted molar refractivity (Wildman–Crippen MR) is 66.0 cm³/mol. The molecule has 0 aliphatic carbocycles. The molecule has 5 N–H and O–H groups in total. The van der Waals surface area contributed by atoms with Crippen molar-refractivity contribution >= 4 is 36.3 Å². The smallest absolute Gasteiger partial charge is 0.237 e. The first-order valence-electron chi connectivity index (χ1n) is 4.62. The van der Waals surface area contributed by atoms with Gasteiger partial charge in [-0.25, -0.2) is 0 Å². The van der Waals surface area contributed by atoms with Crippen LogP contribution in [-0.2, 0) is 9.59 Å². The Labute approximate surface area is 100 Å². The Morgan fingerprint density at radius 1 is 1.40 bits per heavy atom. The Hall–Kier alpha value is -0.240. The number of carbonyl (C=O) groups excluding carboxylic acids is 2. The monoisotopic (exact) mass is 251 g/mol. The molecule has 0 unspecified atom stereocenters. The molecule has 7 heteroatoms. The molecule has 5 nitrogen and oxygen atoms in total. The minimum atomic E-state index is -0.687. The zero-order valence-electron chi connectivity index (χ0n) is 8.35. The van der Waals surface area contributed by atoms with Crippen molar-refractivity contribution in [3.63, 3.8) is 0 Å². The fourth-order valence-corrected chi connectivity index (χ4v) is 1.49. The van der Waals surface area contributed by atoms with Crippen molar-refractivity contribution in [2.24, 2.45) is 11.5 Å². The number of nitrogens with two attached hydrogens (primary N) is 2. The van der Waals surface area contributed by atoms with Gasteiger partial charge in [-0.1, -0.05) is 0 Å². The Kier molecular flexibility index (Phi) is 7.85. The molecule has 2 atom stereocenters. The van der Waals surface area contributed by atoms with E-state index in [0.29, 0.717) is 19.4 Å². The topological polar surface area (TPSA) is 98.2 Å². The number of hydrogen-bond donors (Lipinski definition) is 5. The summed E-state index contributed by atoms with van der Waals surface area (Å²) in [5.41, 5.74) is 10.9. The third-order valence-electron chi connectivity index (χ3n) is 1.85. The van der Waals surface area contributed by atoms with Crippen LogP contribution in [0.2, 0.25) is 0 Å². The number of amides is 1. The Morgan fingerprint density at radius 2 is 2.00 bits per heavy atom. The lowest BCUT2D eigenvalue weighted by Crippen LogP contribution is -2.48. The lowest BCUT2D eigenvalue weighted by Gasteiger charge is -2.16. The second-order valence-electron chi connectivity index (χ2n) is 3.12. The number of thiol groups is 2. The Morgan fingerprint density at radius 3 is 2.40 bits per heavy atom. The SMILES string of the molecule is NCCC[C@@H](N)C(=O)N[C@H](CS)C(=O)S. The number of nitrogens with one attached hydrogen (secondary N) is 1. The summed E-state index contributed by atoms with van der Waals surface area (Å²) in [5, 5.41) is 2.04. The van der Waals surface area contributed by atoms with E-state index in [1.165, 1.54) is 0 Å². The molecule has 88 valence electrons. The molecule has 0 aromatic rings. The van der Waals surface area contributed by atoms with Gasteiger partial charge in [-0.15, -0.1) is 12.6 Å². The standard InChI is InChI=1S/C8H17N3O2S2/c9-3-1-2-5(10)7(12)11-6(4-14)8(13)15/h5-6,14H,1-4,9-10H2,(H,11,12)(H,13,15)/t5-,6-/m1/s1. The maximum atomic E-state index is 11.4. The first-order chi connectivity index (χ1) is 7.02. The first-order valence-corrected chi connectivity index (χ1v) is 5.70. The van der Waals surface area contributed by atoms with Gasteiger partial charge in [0.2, 0.25) is 11.0 Å². The lowest BCUT2D eigenvalue weighted by molar-refractivity contribution is -0.125. The van der Waals surface area contributed by atoms with Gasteiger partial charge < -0.3 is 16.8 Å². The van der Waals surface area contributed by atoms with E-state index in [1.54, 1.807) is 0 Å². The minimum absolute atomic E-state index is 0.206. The van der Waals surface area contributed by atoms with E-state index in [0.717, 1.165) is 0 Å². The highest BCUT2D eigenvalue weighted by Gasteiger charge is 2.19. The third-order valence-corrected chi connectivity index (χ3v) is 2.53. The largest absolute Gasteiger partial charge is 0.343 e. The Bertz CT molecular complexity index is 226. The minimum Gasteiger partial charge on any atom is -0.343 e. The highest BCUT2D eigenvalue weighted by molar-refractivity contribution is 7.96. The van der Waals surface area contributed by atoms with Gasteiger partial charge in [0.25, 0.3) is 0 Å². The van der Waals surface area contributed by atoms with Crippen LogP contribution in [-0.4, -0.2) is 35.4 Å². The predicted octanol–water partition coefficient (Wildman–Crippen LogP) is -1.08. The summed E-state index contributed by atoms with van der Waals surface area (Å²) in [6.45, 7) is 0.489. The fourth-order valence-electron chi connectivity index (χ4n) is 0.933. The normalized spacial score (nSPS) is 14.4. The van der Waals surface area contributed by atoms with Crippen LogP contribution in [0.4, 0.5) is 0 Å². The van der Waals surface area contributed by atoms with Crippen molar-refractivity contribution in [3.05, 3.63) is 0 Å². The van der Waals surface area contributed by atoms with E-state index in [-0.39, 0.29) is 11.7 Å². The Balaban J connectivity index is 4.04. The molecule has 0 aliphatic rings. The molecule has 0 bridgehead atoms. The molecule has 0 aromatic carbocycles. The second-order valence-corrected chi connectivity index (χ2v) is 3.93. The van der Waals surface area contributed by atoms with Gasteiger partial charge in [-0.3, -0.25) is 9.59 Å². The van der Waals surface area contributed by atoms with Crippen LogP contribution in [0.3, 0.4) is 0 Å². The van der Waals surface area contributed by atoms with Crippen molar-refractivity contribution in [1.82, 2.24) is 5.32 Å². The van der Waals surface area contributed by atoms with Gasteiger partial charge >= 0.3 is 0 Å². The average Bonchev–Trinajstić information content (AvgIpc) is 2.21. The fraction of sp³-hybridized carbons (Fsp3) is 0.750. The molecule has 15 heavy (non-hydrogen) atoms. The van der Waals surface area contributed by atoms with Crippen LogP contribution in [0, 0.1) is 0 Å². The molecule has 0 rings (SSSR count). The van der Waals surface area contributed by atoms with E-state index < -0.39 is 17.2 Å². The number of rotatable bonds is 7. The van der Waals surface area contributed by atoms with Crippen LogP contribution in [0.5, 0.6) is 0 Å². The van der Waals surface area contributed by atoms with Crippen molar-refractivity contribution in [2.75, 3.05) is 12.3 Å². The van der Waals surface area contributed by atoms with Gasteiger partial charge in [0, 0.05) is 5.75 Å².